The second-order valence-electron chi connectivity index (χ2n) is 5.08. The van der Waals surface area contributed by atoms with Crippen LogP contribution in [0.2, 0.25) is 0 Å². The smallest absolute Gasteiger partial charge is 0.336 e. The zero-order valence-corrected chi connectivity index (χ0v) is 12.2. The molecule has 19 heavy (non-hydrogen) atoms. The first kappa shape index (κ1) is 15.7. The monoisotopic (exact) mass is 286 g/mol. The summed E-state index contributed by atoms with van der Waals surface area (Å²) in [4.78, 5) is 10.8. The third kappa shape index (κ3) is 3.78. The largest absolute Gasteiger partial charge is 0.479 e. The van der Waals surface area contributed by atoms with E-state index < -0.39 is 21.7 Å². The van der Waals surface area contributed by atoms with Crippen LogP contribution >= 0.6 is 0 Å². The molecule has 0 radical (unpaired) electrons. The van der Waals surface area contributed by atoms with Crippen LogP contribution in [-0.2, 0) is 19.1 Å². The van der Waals surface area contributed by atoms with Gasteiger partial charge in [-0.25, -0.2) is 8.98 Å². The van der Waals surface area contributed by atoms with Gasteiger partial charge in [-0.2, -0.15) is 8.42 Å². The highest BCUT2D eigenvalue weighted by Gasteiger charge is 2.35. The molecule has 0 saturated carbocycles. The van der Waals surface area contributed by atoms with Crippen LogP contribution < -0.4 is 0 Å². The third-order valence-electron chi connectivity index (χ3n) is 2.67. The molecule has 1 aromatic carbocycles. The van der Waals surface area contributed by atoms with Crippen LogP contribution in [0.5, 0.6) is 0 Å². The topological polar surface area (TPSA) is 80.7 Å². The fraction of sp³-hybridized carbons (Fsp3) is 0.462. The van der Waals surface area contributed by atoms with Crippen molar-refractivity contribution in [2.45, 2.75) is 44.1 Å². The van der Waals surface area contributed by atoms with Gasteiger partial charge < -0.3 is 5.11 Å². The molecule has 1 aromatic rings. The van der Waals surface area contributed by atoms with Crippen molar-refractivity contribution in [1.82, 2.24) is 0 Å². The van der Waals surface area contributed by atoms with E-state index in [4.69, 9.17) is 9.29 Å². The van der Waals surface area contributed by atoms with Crippen LogP contribution in [0.3, 0.4) is 0 Å². The van der Waals surface area contributed by atoms with Gasteiger partial charge in [0.15, 0.2) is 5.60 Å². The van der Waals surface area contributed by atoms with E-state index in [0.29, 0.717) is 0 Å². The zero-order valence-electron chi connectivity index (χ0n) is 11.4. The number of rotatable bonds is 5. The van der Waals surface area contributed by atoms with E-state index in [2.05, 4.69) is 0 Å². The molecule has 0 heterocycles. The minimum absolute atomic E-state index is 0.0498. The number of carbonyl (C=O) groups is 1. The first-order valence-electron chi connectivity index (χ1n) is 5.85. The standard InChI is InChI=1S/C13H18O5S/c1-9(2)10-5-7-11(8-6-10)19(16,17)18-13(3,4)12(14)15/h5-9H,1-4H3,(H,14,15). The molecule has 0 aliphatic carbocycles. The van der Waals surface area contributed by atoms with Crippen LogP contribution in [0.1, 0.15) is 39.2 Å². The lowest BCUT2D eigenvalue weighted by Gasteiger charge is -2.19. The van der Waals surface area contributed by atoms with E-state index in [1.807, 2.05) is 13.8 Å². The molecule has 0 aromatic heterocycles. The zero-order chi connectivity index (χ0) is 14.8. The molecule has 0 atom stereocenters. The van der Waals surface area contributed by atoms with Gasteiger partial charge in [-0.3, -0.25) is 0 Å². The predicted octanol–water partition coefficient (Wildman–Crippen LogP) is 2.38. The summed E-state index contributed by atoms with van der Waals surface area (Å²) in [6.07, 6.45) is 0. The number of carboxylic acid groups (broad SMARTS) is 1. The molecule has 0 saturated heterocycles. The Morgan fingerprint density at radius 1 is 1.21 bits per heavy atom. The summed E-state index contributed by atoms with van der Waals surface area (Å²) < 4.78 is 28.6. The maximum Gasteiger partial charge on any atom is 0.336 e. The average Bonchev–Trinajstić information content (AvgIpc) is 2.27. The van der Waals surface area contributed by atoms with Gasteiger partial charge in [0.2, 0.25) is 0 Å². The van der Waals surface area contributed by atoms with Crippen molar-refractivity contribution in [2.24, 2.45) is 0 Å². The molecule has 5 nitrogen and oxygen atoms in total. The number of aliphatic carboxylic acids is 1. The summed E-state index contributed by atoms with van der Waals surface area (Å²) >= 11 is 0. The SMILES string of the molecule is CC(C)c1ccc(S(=O)(=O)OC(C)(C)C(=O)O)cc1. The fourth-order valence-corrected chi connectivity index (χ4v) is 2.56. The number of carboxylic acids is 1. The second-order valence-corrected chi connectivity index (χ2v) is 6.62. The van der Waals surface area contributed by atoms with Gasteiger partial charge >= 0.3 is 5.97 Å². The van der Waals surface area contributed by atoms with E-state index in [-0.39, 0.29) is 10.8 Å². The summed E-state index contributed by atoms with van der Waals surface area (Å²) in [6.45, 7) is 6.37. The Bertz CT molecular complexity index is 555. The van der Waals surface area contributed by atoms with E-state index >= 15 is 0 Å². The minimum Gasteiger partial charge on any atom is -0.479 e. The Hall–Kier alpha value is -1.40. The molecule has 0 bridgehead atoms. The maximum absolute atomic E-state index is 11.9. The second kappa shape index (κ2) is 5.30. The Balaban J connectivity index is 3.05. The summed E-state index contributed by atoms with van der Waals surface area (Å²) in [5.41, 5.74) is -0.799. The van der Waals surface area contributed by atoms with Gasteiger partial charge in [-0.05, 0) is 37.5 Å². The summed E-state index contributed by atoms with van der Waals surface area (Å²) in [5, 5.41) is 8.88. The fourth-order valence-electron chi connectivity index (χ4n) is 1.38. The molecule has 106 valence electrons. The normalized spacial score (nSPS) is 12.7. The Morgan fingerprint density at radius 2 is 1.68 bits per heavy atom. The lowest BCUT2D eigenvalue weighted by molar-refractivity contribution is -0.151. The van der Waals surface area contributed by atoms with Crippen molar-refractivity contribution in [3.63, 3.8) is 0 Å². The highest BCUT2D eigenvalue weighted by atomic mass is 32.2. The van der Waals surface area contributed by atoms with Gasteiger partial charge in [0.05, 0.1) is 4.90 Å². The summed E-state index contributed by atoms with van der Waals surface area (Å²) in [7, 11) is -4.09. The van der Waals surface area contributed by atoms with Gasteiger partial charge in [0.25, 0.3) is 10.1 Å². The molecule has 0 amide bonds. The van der Waals surface area contributed by atoms with Gasteiger partial charge in [-0.1, -0.05) is 26.0 Å². The maximum atomic E-state index is 11.9. The Morgan fingerprint density at radius 3 is 2.05 bits per heavy atom. The van der Waals surface area contributed by atoms with E-state index in [1.165, 1.54) is 26.0 Å². The molecule has 6 heteroatoms. The minimum atomic E-state index is -4.09. The highest BCUT2D eigenvalue weighted by Crippen LogP contribution is 2.22. The van der Waals surface area contributed by atoms with Crippen LogP contribution in [0.15, 0.2) is 29.2 Å². The predicted molar refractivity (Wildman–Crippen MR) is 70.5 cm³/mol. The van der Waals surface area contributed by atoms with Crippen molar-refractivity contribution < 1.29 is 22.5 Å². The lowest BCUT2D eigenvalue weighted by Crippen LogP contribution is -2.37. The first-order chi connectivity index (χ1) is 8.56. The Labute approximate surface area is 113 Å². The van der Waals surface area contributed by atoms with Gasteiger partial charge in [0.1, 0.15) is 0 Å². The van der Waals surface area contributed by atoms with E-state index in [1.54, 1.807) is 12.1 Å². The molecule has 0 unspecified atom stereocenters. The van der Waals surface area contributed by atoms with Crippen molar-refractivity contribution in [2.75, 3.05) is 0 Å². The van der Waals surface area contributed by atoms with Crippen LogP contribution in [-0.4, -0.2) is 25.1 Å². The third-order valence-corrected chi connectivity index (χ3v) is 4.15. The van der Waals surface area contributed by atoms with Crippen LogP contribution in [0.4, 0.5) is 0 Å². The molecule has 1 N–H and O–H groups in total. The molecule has 0 spiro atoms. The highest BCUT2D eigenvalue weighted by molar-refractivity contribution is 7.86. The quantitative estimate of drug-likeness (QED) is 0.840. The number of hydrogen-bond donors (Lipinski definition) is 1. The Kier molecular flexibility index (Phi) is 4.37. The summed E-state index contributed by atoms with van der Waals surface area (Å²) in [5.74, 6) is -1.05. The van der Waals surface area contributed by atoms with Crippen molar-refractivity contribution in [3.05, 3.63) is 29.8 Å². The van der Waals surface area contributed by atoms with E-state index in [9.17, 15) is 13.2 Å². The molecular weight excluding hydrogens is 268 g/mol. The van der Waals surface area contributed by atoms with Crippen molar-refractivity contribution >= 4 is 16.1 Å². The number of hydrogen-bond acceptors (Lipinski definition) is 4. The van der Waals surface area contributed by atoms with Gasteiger partial charge in [-0.15, -0.1) is 0 Å². The molecule has 0 fully saturated rings. The molecule has 0 aliphatic rings. The van der Waals surface area contributed by atoms with E-state index in [0.717, 1.165) is 5.56 Å². The lowest BCUT2D eigenvalue weighted by atomic mass is 10.0. The van der Waals surface area contributed by atoms with Crippen molar-refractivity contribution in [1.29, 1.82) is 0 Å². The van der Waals surface area contributed by atoms with Gasteiger partial charge in [0, 0.05) is 0 Å². The molecular formula is C13H18O5S. The van der Waals surface area contributed by atoms with Crippen LogP contribution in [0.25, 0.3) is 0 Å². The average molecular weight is 286 g/mol. The molecule has 1 rings (SSSR count). The van der Waals surface area contributed by atoms with Crippen molar-refractivity contribution in [3.8, 4) is 0 Å². The van der Waals surface area contributed by atoms with Crippen LogP contribution in [0, 0.1) is 0 Å². The number of benzene rings is 1. The summed E-state index contributed by atoms with van der Waals surface area (Å²) in [6, 6.07) is 6.22. The molecule has 0 aliphatic heterocycles. The first-order valence-corrected chi connectivity index (χ1v) is 7.26.